The van der Waals surface area contributed by atoms with Crippen molar-refractivity contribution in [3.05, 3.63) is 25.3 Å². The molecule has 0 heterocycles. The fraction of sp³-hybridized carbons (Fsp3) is 0.727. The smallest absolute Gasteiger partial charge is 0.0331 e. The first kappa shape index (κ1) is 25.4. The highest BCUT2D eigenvalue weighted by Crippen LogP contribution is 2.34. The van der Waals surface area contributed by atoms with Crippen molar-refractivity contribution < 1.29 is 0 Å². The van der Waals surface area contributed by atoms with Crippen LogP contribution in [-0.4, -0.2) is 24.2 Å². The van der Waals surface area contributed by atoms with Gasteiger partial charge in [0.25, 0.3) is 0 Å². The summed E-state index contributed by atoms with van der Waals surface area (Å²) in [6.07, 6.45) is 18.3. The maximum absolute atomic E-state index is 5.92. The summed E-state index contributed by atoms with van der Waals surface area (Å²) in [5.74, 6) is 1.37. The minimum atomic E-state index is 0.0621. The Morgan fingerprint density at radius 2 is 1.12 bits per heavy atom. The molecule has 0 bridgehead atoms. The van der Waals surface area contributed by atoms with Crippen molar-refractivity contribution in [1.29, 1.82) is 0 Å². The lowest BCUT2D eigenvalue weighted by molar-refractivity contribution is 0.347. The summed E-state index contributed by atoms with van der Waals surface area (Å²) in [5, 5.41) is 8.96. The van der Waals surface area contributed by atoms with Crippen molar-refractivity contribution in [2.75, 3.05) is 11.8 Å². The lowest BCUT2D eigenvalue weighted by atomic mass is 9.78. The van der Waals surface area contributed by atoms with E-state index in [1.807, 2.05) is 12.2 Å². The van der Waals surface area contributed by atoms with Crippen LogP contribution in [0.4, 0.5) is 0 Å². The zero-order valence-corrected chi connectivity index (χ0v) is 18.4. The van der Waals surface area contributed by atoms with Crippen LogP contribution in [0.5, 0.6) is 0 Å². The summed E-state index contributed by atoms with van der Waals surface area (Å²) in [7, 11) is 0. The first-order valence-electron chi connectivity index (χ1n) is 10.00. The van der Waals surface area contributed by atoms with Gasteiger partial charge in [-0.1, -0.05) is 26.0 Å². The van der Waals surface area contributed by atoms with Gasteiger partial charge in [-0.15, -0.1) is 36.4 Å². The molecule has 4 heteroatoms. The number of hydrogen-bond acceptors (Lipinski definition) is 2. The number of rotatable bonds is 17. The zero-order chi connectivity index (χ0) is 19.7. The molecule has 0 rings (SSSR count). The van der Waals surface area contributed by atoms with E-state index in [4.69, 9.17) is 23.2 Å². The molecule has 0 N–H and O–H groups in total. The Balaban J connectivity index is 5.23. The standard InChI is InChI=1S/C22H38Cl2N2/c1-5-9-13-21(7-3,15-11-17-23)19-25-26-20-22(8-4,14-10-6-2)16-12-18-24/h5-6,19-20H,1-2,7-18H2,3-4H3/b25-19+,26-20+. The topological polar surface area (TPSA) is 24.7 Å². The van der Waals surface area contributed by atoms with Crippen LogP contribution in [0.15, 0.2) is 35.5 Å². The van der Waals surface area contributed by atoms with Crippen molar-refractivity contribution in [2.24, 2.45) is 21.0 Å². The molecule has 26 heavy (non-hydrogen) atoms. The summed E-state index contributed by atoms with van der Waals surface area (Å²) in [4.78, 5) is 0. The number of halogens is 2. The molecule has 0 aromatic rings. The largest absolute Gasteiger partial charge is 0.163 e. The maximum Gasteiger partial charge on any atom is 0.0331 e. The molecule has 0 saturated carbocycles. The molecule has 2 unspecified atom stereocenters. The summed E-state index contributed by atoms with van der Waals surface area (Å²) in [5.41, 5.74) is 0.124. The van der Waals surface area contributed by atoms with Crippen molar-refractivity contribution >= 4 is 35.6 Å². The van der Waals surface area contributed by atoms with E-state index >= 15 is 0 Å². The van der Waals surface area contributed by atoms with Crippen molar-refractivity contribution in [1.82, 2.24) is 0 Å². The van der Waals surface area contributed by atoms with Crippen LogP contribution < -0.4 is 0 Å². The van der Waals surface area contributed by atoms with E-state index in [0.29, 0.717) is 11.8 Å². The first-order chi connectivity index (χ1) is 12.6. The van der Waals surface area contributed by atoms with E-state index in [2.05, 4.69) is 49.6 Å². The second-order valence-electron chi connectivity index (χ2n) is 7.16. The molecule has 0 spiro atoms. The molecule has 0 saturated heterocycles. The summed E-state index contributed by atoms with van der Waals surface area (Å²) >= 11 is 11.8. The van der Waals surface area contributed by atoms with E-state index in [0.717, 1.165) is 64.2 Å². The number of nitrogens with zero attached hydrogens (tertiary/aromatic N) is 2. The Labute approximate surface area is 171 Å². The second kappa shape index (κ2) is 15.5. The molecular weight excluding hydrogens is 363 g/mol. The summed E-state index contributed by atoms with van der Waals surface area (Å²) in [6, 6.07) is 0. The van der Waals surface area contributed by atoms with Crippen molar-refractivity contribution in [3.63, 3.8) is 0 Å². The fourth-order valence-electron chi connectivity index (χ4n) is 3.33. The van der Waals surface area contributed by atoms with Crippen LogP contribution in [0.1, 0.15) is 78.1 Å². The Morgan fingerprint density at radius 3 is 1.38 bits per heavy atom. The molecule has 0 aromatic carbocycles. The molecule has 0 amide bonds. The molecular formula is C22H38Cl2N2. The Kier molecular flexibility index (Phi) is 15.1. The third-order valence-corrected chi connectivity index (χ3v) is 5.98. The molecule has 2 atom stereocenters. The summed E-state index contributed by atoms with van der Waals surface area (Å²) in [6.45, 7) is 12.1. The van der Waals surface area contributed by atoms with Gasteiger partial charge in [0, 0.05) is 35.0 Å². The number of hydrogen-bond donors (Lipinski definition) is 0. The van der Waals surface area contributed by atoms with Gasteiger partial charge in [0.2, 0.25) is 0 Å². The molecule has 150 valence electrons. The molecule has 0 fully saturated rings. The van der Waals surface area contributed by atoms with E-state index in [1.165, 1.54) is 0 Å². The van der Waals surface area contributed by atoms with Crippen LogP contribution in [0, 0.1) is 10.8 Å². The van der Waals surface area contributed by atoms with E-state index in [9.17, 15) is 0 Å². The lowest BCUT2D eigenvalue weighted by Gasteiger charge is -2.28. The lowest BCUT2D eigenvalue weighted by Crippen LogP contribution is -2.23. The van der Waals surface area contributed by atoms with Gasteiger partial charge in [0.05, 0.1) is 0 Å². The molecule has 0 radical (unpaired) electrons. The van der Waals surface area contributed by atoms with Gasteiger partial charge in [0.15, 0.2) is 0 Å². The quantitative estimate of drug-likeness (QED) is 0.103. The van der Waals surface area contributed by atoms with Gasteiger partial charge in [-0.2, -0.15) is 10.2 Å². The van der Waals surface area contributed by atoms with Gasteiger partial charge in [-0.3, -0.25) is 0 Å². The van der Waals surface area contributed by atoms with Crippen LogP contribution in [0.25, 0.3) is 0 Å². The average molecular weight is 401 g/mol. The molecule has 2 nitrogen and oxygen atoms in total. The maximum atomic E-state index is 5.92. The van der Waals surface area contributed by atoms with Crippen molar-refractivity contribution in [3.8, 4) is 0 Å². The van der Waals surface area contributed by atoms with Gasteiger partial charge in [-0.25, -0.2) is 0 Å². The van der Waals surface area contributed by atoms with Crippen LogP contribution in [0.2, 0.25) is 0 Å². The monoisotopic (exact) mass is 400 g/mol. The van der Waals surface area contributed by atoms with Crippen molar-refractivity contribution in [2.45, 2.75) is 78.1 Å². The average Bonchev–Trinajstić information content (AvgIpc) is 2.68. The summed E-state index contributed by atoms with van der Waals surface area (Å²) < 4.78 is 0. The highest BCUT2D eigenvalue weighted by Gasteiger charge is 2.26. The molecule has 0 aromatic heterocycles. The minimum Gasteiger partial charge on any atom is -0.163 e. The normalized spacial score (nSPS) is 16.6. The Bertz CT molecular complexity index is 394. The van der Waals surface area contributed by atoms with Crippen LogP contribution in [-0.2, 0) is 0 Å². The van der Waals surface area contributed by atoms with Gasteiger partial charge >= 0.3 is 0 Å². The van der Waals surface area contributed by atoms with Crippen LogP contribution in [0.3, 0.4) is 0 Å². The number of allylic oxidation sites excluding steroid dienone is 2. The van der Waals surface area contributed by atoms with Gasteiger partial charge in [-0.05, 0) is 64.2 Å². The second-order valence-corrected chi connectivity index (χ2v) is 7.92. The minimum absolute atomic E-state index is 0.0621. The first-order valence-corrected chi connectivity index (χ1v) is 11.1. The van der Waals surface area contributed by atoms with E-state index in [1.54, 1.807) is 0 Å². The van der Waals surface area contributed by atoms with E-state index < -0.39 is 0 Å². The van der Waals surface area contributed by atoms with Gasteiger partial charge < -0.3 is 0 Å². The molecule has 0 aliphatic heterocycles. The zero-order valence-electron chi connectivity index (χ0n) is 16.9. The third kappa shape index (κ3) is 9.92. The Morgan fingerprint density at radius 1 is 0.731 bits per heavy atom. The fourth-order valence-corrected chi connectivity index (χ4v) is 3.59. The number of alkyl halides is 2. The van der Waals surface area contributed by atoms with Gasteiger partial charge in [0.1, 0.15) is 0 Å². The Hall–Kier alpha value is -0.600. The highest BCUT2D eigenvalue weighted by molar-refractivity contribution is 6.18. The molecule has 0 aliphatic carbocycles. The highest BCUT2D eigenvalue weighted by atomic mass is 35.5. The predicted octanol–water partition coefficient (Wildman–Crippen LogP) is 7.81. The molecule has 0 aliphatic rings. The van der Waals surface area contributed by atoms with E-state index in [-0.39, 0.29) is 10.8 Å². The SMILES string of the molecule is C=CCCC(/C=N/N=C/C(CC)(CCC=C)CCCCl)(CC)CCCCl. The predicted molar refractivity (Wildman–Crippen MR) is 121 cm³/mol. The van der Waals surface area contributed by atoms with Crippen LogP contribution >= 0.6 is 23.2 Å². The third-order valence-electron chi connectivity index (χ3n) is 5.45.